The van der Waals surface area contributed by atoms with Gasteiger partial charge in [0.05, 0.1) is 30.9 Å². The highest BCUT2D eigenvalue weighted by molar-refractivity contribution is 6.07. The minimum Gasteiger partial charge on any atom is -0.493 e. The van der Waals surface area contributed by atoms with E-state index in [2.05, 4.69) is 5.32 Å². The van der Waals surface area contributed by atoms with Gasteiger partial charge in [0.25, 0.3) is 5.91 Å². The second kappa shape index (κ2) is 7.51. The number of anilines is 1. The van der Waals surface area contributed by atoms with Crippen LogP contribution < -0.4 is 14.8 Å². The van der Waals surface area contributed by atoms with Gasteiger partial charge in [0, 0.05) is 11.8 Å². The average Bonchev–Trinajstić information content (AvgIpc) is 2.58. The number of benzene rings is 2. The Hall–Kier alpha value is -3.00. The van der Waals surface area contributed by atoms with E-state index in [4.69, 9.17) is 14.7 Å². The number of nitriles is 1. The zero-order chi connectivity index (χ0) is 17.7. The molecule has 24 heavy (non-hydrogen) atoms. The number of ether oxygens (including phenoxy) is 2. The molecule has 0 fully saturated rings. The Labute approximate surface area is 141 Å². The minimum atomic E-state index is -0.350. The molecule has 2 aromatic rings. The molecule has 5 heteroatoms. The molecule has 0 saturated carbocycles. The minimum absolute atomic E-state index is 0.269. The summed E-state index contributed by atoms with van der Waals surface area (Å²) in [6.07, 6.45) is 0. The van der Waals surface area contributed by atoms with Crippen molar-refractivity contribution in [3.63, 3.8) is 0 Å². The van der Waals surface area contributed by atoms with Gasteiger partial charge in [-0.15, -0.1) is 0 Å². The lowest BCUT2D eigenvalue weighted by molar-refractivity contribution is 0.102. The van der Waals surface area contributed by atoms with Crippen molar-refractivity contribution in [2.75, 3.05) is 19.0 Å². The summed E-state index contributed by atoms with van der Waals surface area (Å²) in [7, 11) is 1.48. The van der Waals surface area contributed by atoms with Crippen molar-refractivity contribution in [2.24, 2.45) is 0 Å². The molecule has 0 aliphatic heterocycles. The highest BCUT2D eigenvalue weighted by Gasteiger charge is 2.19. The third kappa shape index (κ3) is 3.66. The maximum absolute atomic E-state index is 12.7. The van der Waals surface area contributed by atoms with Crippen molar-refractivity contribution in [3.8, 4) is 17.6 Å². The zero-order valence-electron chi connectivity index (χ0n) is 14.3. The van der Waals surface area contributed by atoms with Crippen molar-refractivity contribution >= 4 is 11.6 Å². The van der Waals surface area contributed by atoms with Crippen molar-refractivity contribution in [1.29, 1.82) is 5.26 Å². The predicted octanol–water partition coefficient (Wildman–Crippen LogP) is 3.83. The van der Waals surface area contributed by atoms with Gasteiger partial charge in [0.15, 0.2) is 11.5 Å². The molecule has 0 aromatic heterocycles. The van der Waals surface area contributed by atoms with E-state index in [0.29, 0.717) is 29.4 Å². The highest BCUT2D eigenvalue weighted by Crippen LogP contribution is 2.33. The summed E-state index contributed by atoms with van der Waals surface area (Å²) in [6, 6.07) is 10.8. The van der Waals surface area contributed by atoms with E-state index < -0.39 is 0 Å². The number of nitrogens with one attached hydrogen (secondary N) is 1. The summed E-state index contributed by atoms with van der Waals surface area (Å²) >= 11 is 0. The Bertz CT molecular complexity index is 807. The summed E-state index contributed by atoms with van der Waals surface area (Å²) in [5, 5.41) is 12.0. The molecule has 2 aromatic carbocycles. The molecule has 0 unspecified atom stereocenters. The fourth-order valence-corrected chi connectivity index (χ4v) is 2.30. The fraction of sp³-hybridized carbons (Fsp3) is 0.263. The second-order valence-electron chi connectivity index (χ2n) is 5.35. The molecule has 0 aliphatic carbocycles. The van der Waals surface area contributed by atoms with Gasteiger partial charge in [-0.05, 0) is 50.1 Å². The normalized spacial score (nSPS) is 9.96. The largest absolute Gasteiger partial charge is 0.493 e. The van der Waals surface area contributed by atoms with E-state index in [9.17, 15) is 4.79 Å². The first kappa shape index (κ1) is 17.4. The van der Waals surface area contributed by atoms with Crippen LogP contribution in [0.2, 0.25) is 0 Å². The lowest BCUT2D eigenvalue weighted by Gasteiger charge is -2.15. The van der Waals surface area contributed by atoms with Crippen LogP contribution in [0.1, 0.15) is 34.0 Å². The second-order valence-corrected chi connectivity index (χ2v) is 5.35. The number of methoxy groups -OCH3 is 1. The van der Waals surface area contributed by atoms with Gasteiger partial charge in [0.1, 0.15) is 0 Å². The number of hydrogen-bond donors (Lipinski definition) is 1. The van der Waals surface area contributed by atoms with E-state index in [0.717, 1.165) is 11.1 Å². The summed E-state index contributed by atoms with van der Waals surface area (Å²) in [6.45, 7) is 6.19. The van der Waals surface area contributed by atoms with E-state index in [-0.39, 0.29) is 11.5 Å². The van der Waals surface area contributed by atoms with Crippen LogP contribution in [0, 0.1) is 25.2 Å². The van der Waals surface area contributed by atoms with Crippen LogP contribution in [0.5, 0.6) is 11.5 Å². The van der Waals surface area contributed by atoms with Gasteiger partial charge in [0.2, 0.25) is 0 Å². The molecule has 0 radical (unpaired) electrons. The third-order valence-electron chi connectivity index (χ3n) is 3.70. The highest BCUT2D eigenvalue weighted by atomic mass is 16.5. The number of carbonyl (C=O) groups is 1. The van der Waals surface area contributed by atoms with Crippen LogP contribution in [0.25, 0.3) is 0 Å². The van der Waals surface area contributed by atoms with E-state index in [1.807, 2.05) is 45.0 Å². The molecular weight excluding hydrogens is 304 g/mol. The van der Waals surface area contributed by atoms with Crippen molar-refractivity contribution in [3.05, 3.63) is 52.6 Å². The smallest absolute Gasteiger partial charge is 0.259 e. The molecule has 0 bridgehead atoms. The van der Waals surface area contributed by atoms with Gasteiger partial charge >= 0.3 is 0 Å². The summed E-state index contributed by atoms with van der Waals surface area (Å²) < 4.78 is 10.8. The number of nitrogens with zero attached hydrogens (tertiary/aromatic N) is 1. The topological polar surface area (TPSA) is 71.3 Å². The van der Waals surface area contributed by atoms with Gasteiger partial charge < -0.3 is 14.8 Å². The molecule has 0 aliphatic rings. The molecule has 0 heterocycles. The van der Waals surface area contributed by atoms with Crippen LogP contribution in [0.15, 0.2) is 30.3 Å². The Kier molecular flexibility index (Phi) is 5.43. The van der Waals surface area contributed by atoms with E-state index in [1.54, 1.807) is 6.07 Å². The first-order valence-electron chi connectivity index (χ1n) is 7.63. The first-order chi connectivity index (χ1) is 11.5. The van der Waals surface area contributed by atoms with Gasteiger partial charge in [-0.2, -0.15) is 5.26 Å². The fourth-order valence-electron chi connectivity index (χ4n) is 2.30. The van der Waals surface area contributed by atoms with Crippen LogP contribution in [0.4, 0.5) is 5.69 Å². The lowest BCUT2D eigenvalue weighted by atomic mass is 10.1. The summed E-state index contributed by atoms with van der Waals surface area (Å²) in [5.41, 5.74) is 3.52. The number of carbonyl (C=O) groups excluding carboxylic acids is 1. The van der Waals surface area contributed by atoms with Crippen molar-refractivity contribution < 1.29 is 14.3 Å². The molecular formula is C19H20N2O3. The molecule has 124 valence electrons. The number of aryl methyl sites for hydroxylation is 2. The summed E-state index contributed by atoms with van der Waals surface area (Å²) in [4.78, 5) is 12.7. The zero-order valence-corrected chi connectivity index (χ0v) is 14.3. The third-order valence-corrected chi connectivity index (χ3v) is 3.70. The Morgan fingerprint density at radius 3 is 2.54 bits per heavy atom. The Morgan fingerprint density at radius 1 is 1.21 bits per heavy atom. The molecule has 1 amide bonds. The molecule has 0 saturated heterocycles. The lowest BCUT2D eigenvalue weighted by Crippen LogP contribution is -2.15. The monoisotopic (exact) mass is 324 g/mol. The van der Waals surface area contributed by atoms with Crippen LogP contribution >= 0.6 is 0 Å². The van der Waals surface area contributed by atoms with Crippen LogP contribution in [0.3, 0.4) is 0 Å². The SMILES string of the molecule is CCOc1c(OC)cc(C#N)cc1C(=O)Nc1ccc(C)c(C)c1. The standard InChI is InChI=1S/C19H20N2O3/c1-5-24-18-16(9-14(11-20)10-17(18)23-4)19(22)21-15-7-6-12(2)13(3)8-15/h6-10H,5H2,1-4H3,(H,21,22). The van der Waals surface area contributed by atoms with E-state index in [1.165, 1.54) is 13.2 Å². The Balaban J connectivity index is 2.43. The maximum atomic E-state index is 12.7. The molecule has 5 nitrogen and oxygen atoms in total. The quantitative estimate of drug-likeness (QED) is 0.907. The van der Waals surface area contributed by atoms with Gasteiger partial charge in [-0.1, -0.05) is 6.07 Å². The van der Waals surface area contributed by atoms with Gasteiger partial charge in [-0.3, -0.25) is 4.79 Å². The van der Waals surface area contributed by atoms with E-state index >= 15 is 0 Å². The predicted molar refractivity (Wildman–Crippen MR) is 92.7 cm³/mol. The molecule has 0 atom stereocenters. The van der Waals surface area contributed by atoms with Crippen LogP contribution in [-0.2, 0) is 0 Å². The van der Waals surface area contributed by atoms with Crippen molar-refractivity contribution in [1.82, 2.24) is 0 Å². The molecule has 0 spiro atoms. The molecule has 1 N–H and O–H groups in total. The average molecular weight is 324 g/mol. The number of amides is 1. The van der Waals surface area contributed by atoms with Crippen molar-refractivity contribution in [2.45, 2.75) is 20.8 Å². The first-order valence-corrected chi connectivity index (χ1v) is 7.63. The van der Waals surface area contributed by atoms with Crippen LogP contribution in [-0.4, -0.2) is 19.6 Å². The van der Waals surface area contributed by atoms with Gasteiger partial charge in [-0.25, -0.2) is 0 Å². The number of rotatable bonds is 5. The molecule has 2 rings (SSSR count). The summed E-state index contributed by atoms with van der Waals surface area (Å²) in [5.74, 6) is 0.346. The number of hydrogen-bond acceptors (Lipinski definition) is 4. The maximum Gasteiger partial charge on any atom is 0.259 e. The Morgan fingerprint density at radius 2 is 1.96 bits per heavy atom.